The molecule has 0 bridgehead atoms. The first-order valence-corrected chi connectivity index (χ1v) is 7.11. The van der Waals surface area contributed by atoms with Crippen LogP contribution in [-0.4, -0.2) is 44.2 Å². The number of esters is 1. The summed E-state index contributed by atoms with van der Waals surface area (Å²) in [7, 11) is 3.90. The van der Waals surface area contributed by atoms with Crippen molar-refractivity contribution in [3.63, 3.8) is 0 Å². The SMILES string of the molecule is CCCCOc1ccc(C(=O)OC(C)CN(C)C)cc1.[Cl-]. The second-order valence-electron chi connectivity index (χ2n) is 5.20. The first kappa shape index (κ1) is 19.7. The molecule has 0 amide bonds. The lowest BCUT2D eigenvalue weighted by molar-refractivity contribution is -0.0000404. The molecule has 0 saturated heterocycles. The van der Waals surface area contributed by atoms with Crippen molar-refractivity contribution in [3.05, 3.63) is 29.8 Å². The third-order valence-corrected chi connectivity index (χ3v) is 2.79. The van der Waals surface area contributed by atoms with E-state index in [1.54, 1.807) is 12.1 Å². The molecule has 120 valence electrons. The van der Waals surface area contributed by atoms with Crippen LogP contribution in [-0.2, 0) is 4.74 Å². The standard InChI is InChI=1S/C16H25NO3.ClH/c1-5-6-11-19-15-9-7-14(8-10-15)16(18)20-13(2)12-17(3)4;/h7-10,13H,5-6,11-12H2,1-4H3;1H/p-1. The number of halogens is 1. The van der Waals surface area contributed by atoms with Gasteiger partial charge in [-0.25, -0.2) is 4.79 Å². The highest BCUT2D eigenvalue weighted by Gasteiger charge is 2.12. The fourth-order valence-corrected chi connectivity index (χ4v) is 1.82. The van der Waals surface area contributed by atoms with Gasteiger partial charge in [-0.1, -0.05) is 13.3 Å². The van der Waals surface area contributed by atoms with E-state index in [1.165, 1.54) is 0 Å². The molecule has 21 heavy (non-hydrogen) atoms. The van der Waals surface area contributed by atoms with Gasteiger partial charge in [-0.05, 0) is 51.7 Å². The molecule has 1 aromatic carbocycles. The summed E-state index contributed by atoms with van der Waals surface area (Å²) in [5.74, 6) is 0.496. The second kappa shape index (κ2) is 10.5. The highest BCUT2D eigenvalue weighted by molar-refractivity contribution is 5.89. The van der Waals surface area contributed by atoms with E-state index >= 15 is 0 Å². The Labute approximate surface area is 133 Å². The van der Waals surface area contributed by atoms with E-state index in [9.17, 15) is 4.79 Å². The Hall–Kier alpha value is -1.26. The van der Waals surface area contributed by atoms with Crippen molar-refractivity contribution in [2.24, 2.45) is 0 Å². The summed E-state index contributed by atoms with van der Waals surface area (Å²) in [4.78, 5) is 13.9. The van der Waals surface area contributed by atoms with Gasteiger partial charge in [-0.3, -0.25) is 0 Å². The molecule has 0 N–H and O–H groups in total. The van der Waals surface area contributed by atoms with Gasteiger partial charge in [0, 0.05) is 6.54 Å². The van der Waals surface area contributed by atoms with Crippen LogP contribution in [0, 0.1) is 0 Å². The molecule has 0 fully saturated rings. The number of carbonyl (C=O) groups is 1. The fourth-order valence-electron chi connectivity index (χ4n) is 1.82. The van der Waals surface area contributed by atoms with Crippen molar-refractivity contribution >= 4 is 5.97 Å². The first-order valence-electron chi connectivity index (χ1n) is 7.11. The Morgan fingerprint density at radius 3 is 2.38 bits per heavy atom. The third kappa shape index (κ3) is 7.93. The maximum atomic E-state index is 11.9. The molecule has 1 unspecified atom stereocenters. The zero-order valence-corrected chi connectivity index (χ0v) is 14.0. The number of hydrogen-bond donors (Lipinski definition) is 0. The number of unbranched alkanes of at least 4 members (excludes halogenated alkanes) is 1. The van der Waals surface area contributed by atoms with Gasteiger partial charge in [0.1, 0.15) is 11.9 Å². The van der Waals surface area contributed by atoms with Crippen molar-refractivity contribution in [2.45, 2.75) is 32.8 Å². The van der Waals surface area contributed by atoms with E-state index in [1.807, 2.05) is 38.1 Å². The van der Waals surface area contributed by atoms with Gasteiger partial charge in [0.05, 0.1) is 12.2 Å². The number of ether oxygens (including phenoxy) is 2. The van der Waals surface area contributed by atoms with Crippen molar-refractivity contribution < 1.29 is 26.7 Å². The summed E-state index contributed by atoms with van der Waals surface area (Å²) < 4.78 is 10.9. The summed E-state index contributed by atoms with van der Waals surface area (Å²) in [6.07, 6.45) is 2.01. The summed E-state index contributed by atoms with van der Waals surface area (Å²) >= 11 is 0. The van der Waals surface area contributed by atoms with Crippen molar-refractivity contribution in [1.29, 1.82) is 0 Å². The highest BCUT2D eigenvalue weighted by atomic mass is 35.5. The van der Waals surface area contributed by atoms with E-state index in [2.05, 4.69) is 6.92 Å². The maximum absolute atomic E-state index is 11.9. The molecule has 0 heterocycles. The van der Waals surface area contributed by atoms with Crippen LogP contribution in [0.1, 0.15) is 37.0 Å². The summed E-state index contributed by atoms with van der Waals surface area (Å²) in [5.41, 5.74) is 0.554. The zero-order chi connectivity index (χ0) is 15.0. The molecule has 0 aliphatic heterocycles. The molecule has 0 aliphatic carbocycles. The average molecular weight is 315 g/mol. The maximum Gasteiger partial charge on any atom is 0.338 e. The highest BCUT2D eigenvalue weighted by Crippen LogP contribution is 2.14. The van der Waals surface area contributed by atoms with Gasteiger partial charge in [-0.15, -0.1) is 0 Å². The number of rotatable bonds is 8. The van der Waals surface area contributed by atoms with Gasteiger partial charge in [0.2, 0.25) is 0 Å². The van der Waals surface area contributed by atoms with Gasteiger partial charge in [0.15, 0.2) is 0 Å². The predicted octanol–water partition coefficient (Wildman–Crippen LogP) is -0.0236. The Balaban J connectivity index is 0.00000400. The minimum Gasteiger partial charge on any atom is -1.00 e. The van der Waals surface area contributed by atoms with Crippen LogP contribution in [0.25, 0.3) is 0 Å². The van der Waals surface area contributed by atoms with Crippen LogP contribution in [0.2, 0.25) is 0 Å². The van der Waals surface area contributed by atoms with Gasteiger partial charge in [0.25, 0.3) is 0 Å². The average Bonchev–Trinajstić information content (AvgIpc) is 2.38. The molecule has 0 aliphatic rings. The zero-order valence-electron chi connectivity index (χ0n) is 13.3. The van der Waals surface area contributed by atoms with E-state index in [0.29, 0.717) is 18.7 Å². The summed E-state index contributed by atoms with van der Waals surface area (Å²) in [6.45, 7) is 5.43. The molecule has 0 spiro atoms. The summed E-state index contributed by atoms with van der Waals surface area (Å²) in [6, 6.07) is 7.10. The van der Waals surface area contributed by atoms with Gasteiger partial charge < -0.3 is 26.8 Å². The number of nitrogens with zero attached hydrogens (tertiary/aromatic N) is 1. The molecular formula is C16H25ClNO3-. The van der Waals surface area contributed by atoms with Gasteiger partial charge in [-0.2, -0.15) is 0 Å². The Morgan fingerprint density at radius 1 is 1.24 bits per heavy atom. The van der Waals surface area contributed by atoms with E-state index in [-0.39, 0.29) is 24.5 Å². The molecular weight excluding hydrogens is 290 g/mol. The van der Waals surface area contributed by atoms with Crippen molar-refractivity contribution in [1.82, 2.24) is 4.90 Å². The number of likely N-dealkylation sites (N-methyl/N-ethyl adjacent to an activating group) is 1. The minimum absolute atomic E-state index is 0. The molecule has 5 heteroatoms. The van der Waals surface area contributed by atoms with E-state index < -0.39 is 0 Å². The second-order valence-corrected chi connectivity index (χ2v) is 5.20. The number of carbonyl (C=O) groups excluding carboxylic acids is 1. The number of hydrogen-bond acceptors (Lipinski definition) is 4. The van der Waals surface area contributed by atoms with E-state index in [0.717, 1.165) is 18.6 Å². The van der Waals surface area contributed by atoms with E-state index in [4.69, 9.17) is 9.47 Å². The normalized spacial score (nSPS) is 11.7. The van der Waals surface area contributed by atoms with Crippen LogP contribution < -0.4 is 17.1 Å². The third-order valence-electron chi connectivity index (χ3n) is 2.79. The predicted molar refractivity (Wildman–Crippen MR) is 80.3 cm³/mol. The van der Waals surface area contributed by atoms with Crippen LogP contribution >= 0.6 is 0 Å². The largest absolute Gasteiger partial charge is 1.00 e. The van der Waals surface area contributed by atoms with Crippen molar-refractivity contribution in [3.8, 4) is 5.75 Å². The molecule has 0 aromatic heterocycles. The fraction of sp³-hybridized carbons (Fsp3) is 0.562. The molecule has 1 atom stereocenters. The Kier molecular flexibility index (Phi) is 9.84. The van der Waals surface area contributed by atoms with Crippen LogP contribution in [0.3, 0.4) is 0 Å². The smallest absolute Gasteiger partial charge is 0.338 e. The Morgan fingerprint density at radius 2 is 1.86 bits per heavy atom. The first-order chi connectivity index (χ1) is 9.52. The number of benzene rings is 1. The van der Waals surface area contributed by atoms with Crippen LogP contribution in [0.5, 0.6) is 5.75 Å². The Bertz CT molecular complexity index is 406. The molecule has 1 aromatic rings. The topological polar surface area (TPSA) is 38.8 Å². The van der Waals surface area contributed by atoms with Crippen molar-refractivity contribution in [2.75, 3.05) is 27.2 Å². The quantitative estimate of drug-likeness (QED) is 0.499. The lowest BCUT2D eigenvalue weighted by atomic mass is 10.2. The molecule has 1 rings (SSSR count). The lowest BCUT2D eigenvalue weighted by Gasteiger charge is -2.17. The van der Waals surface area contributed by atoms with Crippen LogP contribution in [0.4, 0.5) is 0 Å². The monoisotopic (exact) mass is 314 g/mol. The van der Waals surface area contributed by atoms with Gasteiger partial charge >= 0.3 is 5.97 Å². The summed E-state index contributed by atoms with van der Waals surface area (Å²) in [5, 5.41) is 0. The lowest BCUT2D eigenvalue weighted by Crippen LogP contribution is -3.00. The molecule has 0 saturated carbocycles. The van der Waals surface area contributed by atoms with Crippen LogP contribution in [0.15, 0.2) is 24.3 Å². The molecule has 4 nitrogen and oxygen atoms in total. The molecule has 0 radical (unpaired) electrons. The minimum atomic E-state index is -0.292.